The van der Waals surface area contributed by atoms with E-state index in [2.05, 4.69) is 138 Å². The van der Waals surface area contributed by atoms with Crippen molar-refractivity contribution in [2.24, 2.45) is 0 Å². The molecule has 4 heterocycles. The number of allylic oxidation sites excluding steroid dienone is 2. The van der Waals surface area contributed by atoms with Crippen molar-refractivity contribution < 1.29 is 0 Å². The summed E-state index contributed by atoms with van der Waals surface area (Å²) in [5, 5.41) is 2.67. The van der Waals surface area contributed by atoms with Crippen molar-refractivity contribution in [1.29, 1.82) is 0 Å². The van der Waals surface area contributed by atoms with Gasteiger partial charge in [0.1, 0.15) is 6.33 Å². The predicted molar refractivity (Wildman–Crippen MR) is 215 cm³/mol. The second kappa shape index (κ2) is 11.8. The topological polar surface area (TPSA) is 29.0 Å². The zero-order chi connectivity index (χ0) is 33.5. The molecule has 2 aromatic heterocycles. The smallest absolute Gasteiger partial charge is 0.116 e. The van der Waals surface area contributed by atoms with Crippen LogP contribution < -0.4 is 4.90 Å². The first kappa shape index (κ1) is 29.7. The van der Waals surface area contributed by atoms with Gasteiger partial charge in [-0.05, 0) is 82.7 Å². The molecule has 4 atom stereocenters. The van der Waals surface area contributed by atoms with Gasteiger partial charge in [0.15, 0.2) is 0 Å². The van der Waals surface area contributed by atoms with Crippen molar-refractivity contribution in [2.45, 2.75) is 54.5 Å². The maximum absolute atomic E-state index is 4.98. The summed E-state index contributed by atoms with van der Waals surface area (Å²) in [4.78, 5) is 15.4. The average molecular weight is 694 g/mol. The van der Waals surface area contributed by atoms with E-state index in [-0.39, 0.29) is 0 Å². The SMILES string of the molecule is C1=CC2C(CC1)c1ccccc1N2C1CC=C2Sc3c(-c4cccc(-c5cccc(-c6cccc7c6sc6ccccc67)c5)c4)ncnc3C2C1. The molecule has 3 nitrogen and oxygen atoms in total. The number of thioether (sulfide) groups is 1. The minimum atomic E-state index is 0.320. The van der Waals surface area contributed by atoms with Crippen molar-refractivity contribution in [3.05, 3.63) is 156 Å². The molecule has 0 N–H and O–H groups in total. The molecule has 0 saturated heterocycles. The molecule has 0 bridgehead atoms. The highest BCUT2D eigenvalue weighted by atomic mass is 32.2. The molecule has 4 aliphatic rings. The van der Waals surface area contributed by atoms with Crippen LogP contribution in [0.4, 0.5) is 5.69 Å². The third-order valence-corrected chi connectivity index (χ3v) is 14.1. The Morgan fingerprint density at radius 2 is 1.51 bits per heavy atom. The van der Waals surface area contributed by atoms with Crippen LogP contribution in [-0.4, -0.2) is 22.1 Å². The van der Waals surface area contributed by atoms with Crippen molar-refractivity contribution >= 4 is 49.0 Å². The lowest BCUT2D eigenvalue weighted by molar-refractivity contribution is 0.452. The fourth-order valence-electron chi connectivity index (χ4n) is 9.29. The van der Waals surface area contributed by atoms with Crippen LogP contribution in [0.2, 0.25) is 0 Å². The molecule has 0 fully saturated rings. The van der Waals surface area contributed by atoms with E-state index in [0.717, 1.165) is 24.1 Å². The standard InChI is InChI=1S/C46H35N3S2/c1-4-19-39-34(14-1)35-15-2-5-20-40(35)49(39)32-22-23-42-38(26-32)44-46(51-42)43(47-27-48-44)31-13-8-11-29(25-31)28-10-7-12-30(24-28)33-17-9-18-37-36-16-3-6-21-41(36)50-45(33)37/h1,3-14,16-21,23-25,27,32,35,38,40H,2,15,22,26H2. The van der Waals surface area contributed by atoms with E-state index < -0.39 is 0 Å². The van der Waals surface area contributed by atoms with E-state index in [9.17, 15) is 0 Å². The molecule has 5 heteroatoms. The maximum Gasteiger partial charge on any atom is 0.116 e. The van der Waals surface area contributed by atoms with Crippen molar-refractivity contribution in [2.75, 3.05) is 4.90 Å². The van der Waals surface area contributed by atoms with Crippen LogP contribution in [0.15, 0.2) is 150 Å². The Morgan fingerprint density at radius 1 is 0.725 bits per heavy atom. The van der Waals surface area contributed by atoms with Gasteiger partial charge in [-0.15, -0.1) is 11.3 Å². The monoisotopic (exact) mass is 693 g/mol. The highest BCUT2D eigenvalue weighted by molar-refractivity contribution is 8.03. The minimum absolute atomic E-state index is 0.320. The zero-order valence-corrected chi connectivity index (χ0v) is 29.7. The maximum atomic E-state index is 4.98. The van der Waals surface area contributed by atoms with E-state index in [1.807, 2.05) is 23.1 Å². The highest BCUT2D eigenvalue weighted by Crippen LogP contribution is 2.56. The highest BCUT2D eigenvalue weighted by Gasteiger charge is 2.44. The fraction of sp³-hybridized carbons (Fsp3) is 0.174. The van der Waals surface area contributed by atoms with Crippen molar-refractivity contribution in [1.82, 2.24) is 9.97 Å². The van der Waals surface area contributed by atoms with Gasteiger partial charge in [-0.25, -0.2) is 9.97 Å². The Hall–Kier alpha value is -4.97. The number of benzene rings is 5. The molecule has 0 amide bonds. The van der Waals surface area contributed by atoms with Crippen LogP contribution in [0.1, 0.15) is 48.8 Å². The van der Waals surface area contributed by atoms with Gasteiger partial charge in [0.2, 0.25) is 0 Å². The largest absolute Gasteiger partial charge is 0.361 e. The number of nitrogens with zero attached hydrogens (tertiary/aromatic N) is 3. The quantitative estimate of drug-likeness (QED) is 0.172. The fourth-order valence-corrected chi connectivity index (χ4v) is 11.9. The first-order valence-corrected chi connectivity index (χ1v) is 19.8. The van der Waals surface area contributed by atoms with Gasteiger partial charge in [0.25, 0.3) is 0 Å². The second-order valence-electron chi connectivity index (χ2n) is 14.3. The Bertz CT molecular complexity index is 2580. The molecule has 51 heavy (non-hydrogen) atoms. The third-order valence-electron chi connectivity index (χ3n) is 11.6. The molecular formula is C46H35N3S2. The van der Waals surface area contributed by atoms with E-state index >= 15 is 0 Å². The molecule has 11 rings (SSSR count). The van der Waals surface area contributed by atoms with Crippen LogP contribution in [0.25, 0.3) is 53.7 Å². The van der Waals surface area contributed by atoms with Gasteiger partial charge in [0.05, 0.1) is 22.3 Å². The number of hydrogen-bond acceptors (Lipinski definition) is 5. The molecular weight excluding hydrogens is 659 g/mol. The molecule has 0 saturated carbocycles. The van der Waals surface area contributed by atoms with Crippen molar-refractivity contribution in [3.63, 3.8) is 0 Å². The number of aromatic nitrogens is 2. The number of fused-ring (bicyclic) bond motifs is 9. The predicted octanol–water partition coefficient (Wildman–Crippen LogP) is 12.4. The summed E-state index contributed by atoms with van der Waals surface area (Å²) >= 11 is 3.79. The lowest BCUT2D eigenvalue weighted by atomic mass is 9.84. The first-order valence-electron chi connectivity index (χ1n) is 18.2. The molecule has 2 aliphatic heterocycles. The molecule has 0 spiro atoms. The number of hydrogen-bond donors (Lipinski definition) is 0. The van der Waals surface area contributed by atoms with Gasteiger partial charge in [-0.2, -0.15) is 0 Å². The Labute approximate surface area is 306 Å². The Balaban J connectivity index is 0.920. The summed E-state index contributed by atoms with van der Waals surface area (Å²) in [5.74, 6) is 0.925. The minimum Gasteiger partial charge on any atom is -0.361 e. The summed E-state index contributed by atoms with van der Waals surface area (Å²) in [6, 6.07) is 43.5. The van der Waals surface area contributed by atoms with Crippen molar-refractivity contribution in [3.8, 4) is 33.5 Å². The zero-order valence-electron chi connectivity index (χ0n) is 28.1. The van der Waals surface area contributed by atoms with Crippen LogP contribution in [0.3, 0.4) is 0 Å². The number of rotatable bonds is 4. The van der Waals surface area contributed by atoms with E-state index in [1.54, 1.807) is 6.33 Å². The Morgan fingerprint density at radius 3 is 2.45 bits per heavy atom. The van der Waals surface area contributed by atoms with E-state index in [0.29, 0.717) is 23.9 Å². The third kappa shape index (κ3) is 4.71. The van der Waals surface area contributed by atoms with Crippen LogP contribution >= 0.6 is 23.1 Å². The summed E-state index contributed by atoms with van der Waals surface area (Å²) < 4.78 is 2.68. The van der Waals surface area contributed by atoms with Gasteiger partial charge >= 0.3 is 0 Å². The molecule has 4 unspecified atom stereocenters. The normalized spacial score (nSPS) is 21.7. The number of anilines is 1. The summed E-state index contributed by atoms with van der Waals surface area (Å²) in [5.41, 5.74) is 11.3. The van der Waals surface area contributed by atoms with Gasteiger partial charge in [-0.3, -0.25) is 0 Å². The molecule has 7 aromatic rings. The second-order valence-corrected chi connectivity index (χ2v) is 16.5. The lowest BCUT2D eigenvalue weighted by Crippen LogP contribution is -2.43. The summed E-state index contributed by atoms with van der Waals surface area (Å²) in [7, 11) is 0. The van der Waals surface area contributed by atoms with Crippen LogP contribution in [0.5, 0.6) is 0 Å². The summed E-state index contributed by atoms with van der Waals surface area (Å²) in [6.07, 6.45) is 13.8. The van der Waals surface area contributed by atoms with Gasteiger partial charge in [-0.1, -0.05) is 121 Å². The number of para-hydroxylation sites is 1. The van der Waals surface area contributed by atoms with E-state index in [1.165, 1.54) is 82.0 Å². The molecule has 2 aliphatic carbocycles. The Kier molecular flexibility index (Phi) is 6.88. The van der Waals surface area contributed by atoms with E-state index in [4.69, 9.17) is 9.97 Å². The van der Waals surface area contributed by atoms with Crippen LogP contribution in [-0.2, 0) is 0 Å². The van der Waals surface area contributed by atoms with Gasteiger partial charge < -0.3 is 4.90 Å². The summed E-state index contributed by atoms with van der Waals surface area (Å²) in [6.45, 7) is 0. The number of thiophene rings is 1. The molecule has 0 radical (unpaired) electrons. The molecule has 5 aromatic carbocycles. The average Bonchev–Trinajstić information content (AvgIpc) is 3.87. The van der Waals surface area contributed by atoms with Gasteiger partial charge in [0, 0.05) is 49.3 Å². The molecule has 246 valence electrons. The van der Waals surface area contributed by atoms with Crippen LogP contribution in [0, 0.1) is 0 Å². The first-order chi connectivity index (χ1) is 25.3. The lowest BCUT2D eigenvalue weighted by Gasteiger charge is -2.39.